The van der Waals surface area contributed by atoms with E-state index in [4.69, 9.17) is 0 Å². The van der Waals surface area contributed by atoms with E-state index in [-0.39, 0.29) is 24.3 Å². The minimum atomic E-state index is -0.882. The molecule has 1 saturated carbocycles. The van der Waals surface area contributed by atoms with Gasteiger partial charge in [-0.2, -0.15) is 0 Å². The van der Waals surface area contributed by atoms with Gasteiger partial charge in [0.1, 0.15) is 5.69 Å². The number of aromatic amines is 1. The maximum Gasteiger partial charge on any atom is 0.306 e. The van der Waals surface area contributed by atoms with Gasteiger partial charge in [0.2, 0.25) is 0 Å². The number of nitrogens with zero attached hydrogens (tertiary/aromatic N) is 2. The standard InChI is InChI=1S/C25H29N5O4S/c1-13-3-5-16-15(9-13)11-20(26-16)22(31)27-17-6-4-14(25(33)34)10-19(17)28-23(32)24-29-18-7-8-30(2)12-21(18)35-24/h3,5,9,11,14,17,19,26H,4,6-8,10,12H2,1-2H3,(H,27,31)(H,28,32)(H,33,34)/t14-,17-,19+/m0/s1. The molecule has 1 aliphatic heterocycles. The number of rotatable bonds is 5. The Balaban J connectivity index is 1.32. The molecule has 0 unspecified atom stereocenters. The molecule has 2 amide bonds. The smallest absolute Gasteiger partial charge is 0.306 e. The maximum absolute atomic E-state index is 13.1. The van der Waals surface area contributed by atoms with Crippen molar-refractivity contribution in [1.82, 2.24) is 25.5 Å². The summed E-state index contributed by atoms with van der Waals surface area (Å²) in [4.78, 5) is 48.8. The molecule has 0 radical (unpaired) electrons. The highest BCUT2D eigenvalue weighted by Gasteiger charge is 2.36. The molecule has 1 fully saturated rings. The molecule has 9 nitrogen and oxygen atoms in total. The Bertz CT molecular complexity index is 1300. The van der Waals surface area contributed by atoms with Crippen LogP contribution in [0, 0.1) is 12.8 Å². The number of amides is 2. The molecule has 184 valence electrons. The van der Waals surface area contributed by atoms with Crippen LogP contribution in [0.1, 0.15) is 55.7 Å². The molecule has 3 aromatic rings. The number of H-pyrrole nitrogens is 1. The number of hydrogen-bond acceptors (Lipinski definition) is 6. The van der Waals surface area contributed by atoms with Crippen LogP contribution in [0.3, 0.4) is 0 Å². The lowest BCUT2D eigenvalue weighted by Gasteiger charge is -2.35. The first-order valence-corrected chi connectivity index (χ1v) is 12.7. The normalized spacial score (nSPS) is 22.5. The van der Waals surface area contributed by atoms with Gasteiger partial charge in [0.15, 0.2) is 5.01 Å². The van der Waals surface area contributed by atoms with Crippen LogP contribution in [0.5, 0.6) is 0 Å². The van der Waals surface area contributed by atoms with Crippen LogP contribution in [0.4, 0.5) is 0 Å². The molecule has 0 spiro atoms. The predicted octanol–water partition coefficient (Wildman–Crippen LogP) is 2.70. The topological polar surface area (TPSA) is 127 Å². The lowest BCUT2D eigenvalue weighted by Crippen LogP contribution is -2.55. The average molecular weight is 496 g/mol. The lowest BCUT2D eigenvalue weighted by molar-refractivity contribution is -0.143. The number of thiazole rings is 1. The summed E-state index contributed by atoms with van der Waals surface area (Å²) in [6, 6.07) is 6.86. The number of hydrogen-bond donors (Lipinski definition) is 4. The van der Waals surface area contributed by atoms with Crippen LogP contribution in [0.25, 0.3) is 10.9 Å². The minimum absolute atomic E-state index is 0.256. The summed E-state index contributed by atoms with van der Waals surface area (Å²) in [5.74, 6) is -2.04. The second-order valence-corrected chi connectivity index (χ2v) is 10.7. The van der Waals surface area contributed by atoms with Gasteiger partial charge < -0.3 is 25.6 Å². The number of carbonyl (C=O) groups excluding carboxylic acids is 2. The first kappa shape index (κ1) is 23.5. The monoisotopic (exact) mass is 495 g/mol. The quantitative estimate of drug-likeness (QED) is 0.431. The summed E-state index contributed by atoms with van der Waals surface area (Å²) in [6.07, 6.45) is 1.97. The van der Waals surface area contributed by atoms with E-state index >= 15 is 0 Å². The largest absolute Gasteiger partial charge is 0.481 e. The first-order chi connectivity index (χ1) is 16.8. The van der Waals surface area contributed by atoms with E-state index in [0.29, 0.717) is 23.5 Å². The van der Waals surface area contributed by atoms with E-state index in [1.807, 2.05) is 38.2 Å². The van der Waals surface area contributed by atoms with Crippen LogP contribution in [0.2, 0.25) is 0 Å². The highest BCUT2D eigenvalue weighted by Crippen LogP contribution is 2.28. The Morgan fingerprint density at radius 1 is 1.14 bits per heavy atom. The number of likely N-dealkylation sites (N-methyl/N-ethyl adjacent to an activating group) is 1. The third-order valence-electron chi connectivity index (χ3n) is 6.97. The van der Waals surface area contributed by atoms with E-state index in [0.717, 1.165) is 46.5 Å². The van der Waals surface area contributed by atoms with Gasteiger partial charge in [-0.15, -0.1) is 11.3 Å². The van der Waals surface area contributed by atoms with Crippen LogP contribution in [-0.2, 0) is 17.8 Å². The van der Waals surface area contributed by atoms with Crippen molar-refractivity contribution in [2.75, 3.05) is 13.6 Å². The van der Waals surface area contributed by atoms with Gasteiger partial charge in [-0.05, 0) is 51.4 Å². The molecule has 2 aromatic heterocycles. The summed E-state index contributed by atoms with van der Waals surface area (Å²) in [5.41, 5.74) is 3.38. The molecule has 5 rings (SSSR count). The Labute approximate surface area is 206 Å². The third-order valence-corrected chi connectivity index (χ3v) is 8.05. The summed E-state index contributed by atoms with van der Waals surface area (Å²) >= 11 is 1.38. The number of fused-ring (bicyclic) bond motifs is 2. The summed E-state index contributed by atoms with van der Waals surface area (Å²) in [7, 11) is 2.04. The van der Waals surface area contributed by atoms with E-state index in [1.165, 1.54) is 11.3 Å². The molecule has 35 heavy (non-hydrogen) atoms. The fourth-order valence-electron chi connectivity index (χ4n) is 5.00. The minimum Gasteiger partial charge on any atom is -0.481 e. The number of benzene rings is 1. The SMILES string of the molecule is Cc1ccc2[nH]c(C(=O)N[C@H]3CC[C@H](C(=O)O)C[C@H]3NC(=O)c3nc4c(s3)CN(C)CC4)cc2c1. The highest BCUT2D eigenvalue weighted by molar-refractivity contribution is 7.13. The zero-order valence-electron chi connectivity index (χ0n) is 19.8. The van der Waals surface area contributed by atoms with Gasteiger partial charge in [-0.3, -0.25) is 14.4 Å². The molecule has 0 saturated heterocycles. The zero-order valence-corrected chi connectivity index (χ0v) is 20.6. The average Bonchev–Trinajstić information content (AvgIpc) is 3.43. The summed E-state index contributed by atoms with van der Waals surface area (Å²) in [5, 5.41) is 16.9. The second-order valence-electron chi connectivity index (χ2n) is 9.66. The predicted molar refractivity (Wildman–Crippen MR) is 133 cm³/mol. The molecule has 1 aliphatic carbocycles. The van der Waals surface area contributed by atoms with E-state index in [9.17, 15) is 19.5 Å². The van der Waals surface area contributed by atoms with Crippen LogP contribution in [-0.4, -0.2) is 63.4 Å². The van der Waals surface area contributed by atoms with Crippen molar-refractivity contribution in [2.24, 2.45) is 5.92 Å². The Kier molecular flexibility index (Phi) is 6.33. The van der Waals surface area contributed by atoms with E-state index in [2.05, 4.69) is 25.5 Å². The summed E-state index contributed by atoms with van der Waals surface area (Å²) in [6.45, 7) is 3.67. The van der Waals surface area contributed by atoms with Crippen LogP contribution < -0.4 is 10.6 Å². The molecule has 0 bridgehead atoms. The maximum atomic E-state index is 13.1. The summed E-state index contributed by atoms with van der Waals surface area (Å²) < 4.78 is 0. The number of carboxylic acids is 1. The Morgan fingerprint density at radius 3 is 2.74 bits per heavy atom. The zero-order chi connectivity index (χ0) is 24.7. The van der Waals surface area contributed by atoms with Crippen molar-refractivity contribution in [1.29, 1.82) is 0 Å². The number of aliphatic carboxylic acids is 1. The molecule has 3 atom stereocenters. The van der Waals surface area contributed by atoms with Crippen molar-refractivity contribution < 1.29 is 19.5 Å². The fraction of sp³-hybridized carbons (Fsp3) is 0.440. The second kappa shape index (κ2) is 9.43. The molecule has 10 heteroatoms. The van der Waals surface area contributed by atoms with Gasteiger partial charge >= 0.3 is 5.97 Å². The van der Waals surface area contributed by atoms with Gasteiger partial charge in [0.05, 0.1) is 17.7 Å². The molecule has 3 heterocycles. The number of nitrogens with one attached hydrogen (secondary N) is 3. The third kappa shape index (κ3) is 4.94. The van der Waals surface area contributed by atoms with Gasteiger partial charge in [0.25, 0.3) is 11.8 Å². The number of aromatic nitrogens is 2. The van der Waals surface area contributed by atoms with Crippen LogP contribution >= 0.6 is 11.3 Å². The highest BCUT2D eigenvalue weighted by atomic mass is 32.1. The van der Waals surface area contributed by atoms with Crippen molar-refractivity contribution in [3.63, 3.8) is 0 Å². The van der Waals surface area contributed by atoms with Gasteiger partial charge in [-0.25, -0.2) is 4.98 Å². The van der Waals surface area contributed by atoms with E-state index in [1.54, 1.807) is 0 Å². The van der Waals surface area contributed by atoms with Crippen molar-refractivity contribution in [3.05, 3.63) is 51.1 Å². The molecule has 2 aliphatic rings. The molecule has 4 N–H and O–H groups in total. The van der Waals surface area contributed by atoms with Crippen molar-refractivity contribution >= 4 is 40.0 Å². The lowest BCUT2D eigenvalue weighted by atomic mass is 9.82. The molecular weight excluding hydrogens is 466 g/mol. The Hall–Kier alpha value is -3.24. The first-order valence-electron chi connectivity index (χ1n) is 11.9. The van der Waals surface area contributed by atoms with Crippen LogP contribution in [0.15, 0.2) is 24.3 Å². The van der Waals surface area contributed by atoms with E-state index < -0.39 is 17.9 Å². The Morgan fingerprint density at radius 2 is 1.94 bits per heavy atom. The number of carbonyl (C=O) groups is 3. The number of aryl methyl sites for hydroxylation is 1. The van der Waals surface area contributed by atoms with Gasteiger partial charge in [0, 0.05) is 41.3 Å². The number of carboxylic acid groups (broad SMARTS) is 1. The van der Waals surface area contributed by atoms with Crippen molar-refractivity contribution in [3.8, 4) is 0 Å². The van der Waals surface area contributed by atoms with Gasteiger partial charge in [-0.1, -0.05) is 11.6 Å². The molecule has 1 aromatic carbocycles. The fourth-order valence-corrected chi connectivity index (χ4v) is 6.09. The molecular formula is C25H29N5O4S. The van der Waals surface area contributed by atoms with Crippen molar-refractivity contribution in [2.45, 2.75) is 51.2 Å².